The van der Waals surface area contributed by atoms with Crippen LogP contribution in [0, 0.1) is 17.0 Å². The van der Waals surface area contributed by atoms with Crippen molar-refractivity contribution in [1.82, 2.24) is 5.43 Å². The maximum absolute atomic E-state index is 12.0. The minimum Gasteiger partial charge on any atom is -0.477 e. The molecule has 0 aliphatic carbocycles. The number of hydrogen-bond donors (Lipinski definition) is 1. The zero-order chi connectivity index (χ0) is 20.9. The Morgan fingerprint density at radius 1 is 1.18 bits per heavy atom. The van der Waals surface area contributed by atoms with E-state index in [9.17, 15) is 14.9 Å². The van der Waals surface area contributed by atoms with Crippen LogP contribution in [-0.4, -0.2) is 23.1 Å². The molecule has 1 N–H and O–H groups in total. The summed E-state index contributed by atoms with van der Waals surface area (Å²) in [5, 5.41) is 15.2. The lowest BCUT2D eigenvalue weighted by atomic mass is 9.86. The van der Waals surface area contributed by atoms with Gasteiger partial charge in [-0.3, -0.25) is 14.9 Å². The van der Waals surface area contributed by atoms with Crippen LogP contribution in [0.15, 0.2) is 47.6 Å². The summed E-state index contributed by atoms with van der Waals surface area (Å²) >= 11 is 0. The fraction of sp³-hybridized carbons (Fsp3) is 0.333. The highest BCUT2D eigenvalue weighted by molar-refractivity contribution is 5.99. The first-order valence-electron chi connectivity index (χ1n) is 8.90. The molecule has 0 bridgehead atoms. The second-order valence-electron chi connectivity index (χ2n) is 7.58. The highest BCUT2D eigenvalue weighted by Gasteiger charge is 2.16. The van der Waals surface area contributed by atoms with E-state index in [0.29, 0.717) is 5.71 Å². The molecular formula is C21H25N3O4. The SMILES string of the molecule is CC(=NNC(=O)COc1ccc(C)cc1[N+](=O)[O-])c1ccc(C(C)(C)C)cc1. The molecule has 0 saturated carbocycles. The first kappa shape index (κ1) is 21.1. The van der Waals surface area contributed by atoms with Crippen molar-refractivity contribution in [1.29, 1.82) is 0 Å². The predicted octanol–water partition coefficient (Wildman–Crippen LogP) is 4.12. The standard InChI is InChI=1S/C21H25N3O4/c1-14-6-11-19(18(12-14)24(26)27)28-13-20(25)23-22-15(2)16-7-9-17(10-8-16)21(3,4)5/h6-12H,13H2,1-5H3,(H,23,25). The summed E-state index contributed by atoms with van der Waals surface area (Å²) in [4.78, 5) is 22.5. The van der Waals surface area contributed by atoms with Gasteiger partial charge >= 0.3 is 5.69 Å². The van der Waals surface area contributed by atoms with Crippen molar-refractivity contribution in [2.45, 2.75) is 40.0 Å². The van der Waals surface area contributed by atoms with Crippen LogP contribution < -0.4 is 10.2 Å². The molecule has 0 radical (unpaired) electrons. The third-order valence-electron chi connectivity index (χ3n) is 4.19. The van der Waals surface area contributed by atoms with E-state index in [-0.39, 0.29) is 23.5 Å². The third kappa shape index (κ3) is 5.64. The maximum Gasteiger partial charge on any atom is 0.311 e. The minimum absolute atomic E-state index is 0.0456. The Labute approximate surface area is 164 Å². The summed E-state index contributed by atoms with van der Waals surface area (Å²) in [6.45, 7) is 9.58. The quantitative estimate of drug-likeness (QED) is 0.461. The molecular weight excluding hydrogens is 358 g/mol. The number of nitro benzene ring substituents is 1. The van der Waals surface area contributed by atoms with Crippen molar-refractivity contribution in [2.75, 3.05) is 6.61 Å². The Morgan fingerprint density at radius 2 is 1.82 bits per heavy atom. The number of amides is 1. The molecule has 2 rings (SSSR count). The maximum atomic E-state index is 12.0. The Bertz CT molecular complexity index is 897. The van der Waals surface area contributed by atoms with Crippen molar-refractivity contribution >= 4 is 17.3 Å². The molecule has 0 heterocycles. The number of nitrogens with zero attached hydrogens (tertiary/aromatic N) is 2. The van der Waals surface area contributed by atoms with E-state index < -0.39 is 10.8 Å². The van der Waals surface area contributed by atoms with Crippen molar-refractivity contribution in [3.63, 3.8) is 0 Å². The number of carbonyl (C=O) groups is 1. The summed E-state index contributed by atoms with van der Waals surface area (Å²) in [7, 11) is 0. The zero-order valence-electron chi connectivity index (χ0n) is 16.8. The van der Waals surface area contributed by atoms with Crippen LogP contribution in [0.4, 0.5) is 5.69 Å². The number of hydrazone groups is 1. The van der Waals surface area contributed by atoms with Crippen molar-refractivity contribution in [3.8, 4) is 5.75 Å². The van der Waals surface area contributed by atoms with Gasteiger partial charge in [0.2, 0.25) is 0 Å². The second kappa shape index (κ2) is 8.65. The number of carbonyl (C=O) groups excluding carboxylic acids is 1. The van der Waals surface area contributed by atoms with E-state index in [2.05, 4.69) is 31.3 Å². The van der Waals surface area contributed by atoms with Gasteiger partial charge in [0.1, 0.15) is 0 Å². The molecule has 0 fully saturated rings. The smallest absolute Gasteiger partial charge is 0.311 e. The summed E-state index contributed by atoms with van der Waals surface area (Å²) < 4.78 is 5.28. The summed E-state index contributed by atoms with van der Waals surface area (Å²) in [5.74, 6) is -0.454. The molecule has 0 aliphatic rings. The first-order chi connectivity index (χ1) is 13.1. The second-order valence-corrected chi connectivity index (χ2v) is 7.58. The van der Waals surface area contributed by atoms with E-state index in [1.54, 1.807) is 19.9 Å². The normalized spacial score (nSPS) is 11.8. The van der Waals surface area contributed by atoms with Gasteiger partial charge in [-0.25, -0.2) is 5.43 Å². The van der Waals surface area contributed by atoms with Gasteiger partial charge in [-0.15, -0.1) is 0 Å². The monoisotopic (exact) mass is 383 g/mol. The predicted molar refractivity (Wildman–Crippen MR) is 109 cm³/mol. The number of aryl methyl sites for hydroxylation is 1. The number of ether oxygens (including phenoxy) is 1. The van der Waals surface area contributed by atoms with Gasteiger partial charge in [0.25, 0.3) is 5.91 Å². The van der Waals surface area contributed by atoms with E-state index in [1.807, 2.05) is 24.3 Å². The number of rotatable bonds is 6. The van der Waals surface area contributed by atoms with Crippen LogP contribution >= 0.6 is 0 Å². The van der Waals surface area contributed by atoms with Crippen LogP contribution in [0.1, 0.15) is 44.4 Å². The molecule has 28 heavy (non-hydrogen) atoms. The van der Waals surface area contributed by atoms with Gasteiger partial charge < -0.3 is 4.74 Å². The number of nitrogens with one attached hydrogen (secondary N) is 1. The summed E-state index contributed by atoms with van der Waals surface area (Å²) in [6.07, 6.45) is 0. The van der Waals surface area contributed by atoms with E-state index in [4.69, 9.17) is 4.74 Å². The molecule has 0 atom stereocenters. The lowest BCUT2D eigenvalue weighted by Gasteiger charge is -2.19. The topological polar surface area (TPSA) is 93.8 Å². The molecule has 0 spiro atoms. The molecule has 148 valence electrons. The van der Waals surface area contributed by atoms with Crippen LogP contribution in [-0.2, 0) is 10.2 Å². The molecule has 7 nitrogen and oxygen atoms in total. The molecule has 0 unspecified atom stereocenters. The first-order valence-corrected chi connectivity index (χ1v) is 8.90. The molecule has 0 saturated heterocycles. The molecule has 2 aromatic carbocycles. The molecule has 1 amide bonds. The Hall–Kier alpha value is -3.22. The average molecular weight is 383 g/mol. The van der Waals surface area contributed by atoms with Gasteiger partial charge in [-0.1, -0.05) is 51.1 Å². The fourth-order valence-electron chi connectivity index (χ4n) is 2.49. The highest BCUT2D eigenvalue weighted by atomic mass is 16.6. The van der Waals surface area contributed by atoms with Crippen molar-refractivity contribution < 1.29 is 14.5 Å². The summed E-state index contributed by atoms with van der Waals surface area (Å²) in [5.41, 5.74) is 5.79. The molecule has 7 heteroatoms. The number of benzene rings is 2. The van der Waals surface area contributed by atoms with E-state index in [1.165, 1.54) is 17.7 Å². The molecule has 0 aliphatic heterocycles. The minimum atomic E-state index is -0.538. The van der Waals surface area contributed by atoms with E-state index in [0.717, 1.165) is 11.1 Å². The lowest BCUT2D eigenvalue weighted by molar-refractivity contribution is -0.385. The number of nitro groups is 1. The van der Waals surface area contributed by atoms with Crippen molar-refractivity contribution in [3.05, 3.63) is 69.3 Å². The Morgan fingerprint density at radius 3 is 2.39 bits per heavy atom. The average Bonchev–Trinajstić information content (AvgIpc) is 2.64. The Kier molecular flexibility index (Phi) is 6.51. The van der Waals surface area contributed by atoms with Crippen molar-refractivity contribution in [2.24, 2.45) is 5.10 Å². The van der Waals surface area contributed by atoms with Crippen LogP contribution in [0.2, 0.25) is 0 Å². The van der Waals surface area contributed by atoms with E-state index >= 15 is 0 Å². The van der Waals surface area contributed by atoms with Crippen LogP contribution in [0.5, 0.6) is 5.75 Å². The highest BCUT2D eigenvalue weighted by Crippen LogP contribution is 2.27. The van der Waals surface area contributed by atoms with Gasteiger partial charge in [0.15, 0.2) is 12.4 Å². The van der Waals surface area contributed by atoms with Gasteiger partial charge in [0.05, 0.1) is 10.6 Å². The molecule has 0 aromatic heterocycles. The number of hydrogen-bond acceptors (Lipinski definition) is 5. The van der Waals surface area contributed by atoms with Gasteiger partial charge in [0, 0.05) is 6.07 Å². The van der Waals surface area contributed by atoms with Gasteiger partial charge in [-0.05, 0) is 42.0 Å². The van der Waals surface area contributed by atoms with Crippen LogP contribution in [0.25, 0.3) is 0 Å². The third-order valence-corrected chi connectivity index (χ3v) is 4.19. The Balaban J connectivity index is 1.97. The largest absolute Gasteiger partial charge is 0.477 e. The van der Waals surface area contributed by atoms with Crippen LogP contribution in [0.3, 0.4) is 0 Å². The molecule has 2 aromatic rings. The summed E-state index contributed by atoms with van der Waals surface area (Å²) in [6, 6.07) is 12.5. The zero-order valence-corrected chi connectivity index (χ0v) is 16.8. The fourth-order valence-corrected chi connectivity index (χ4v) is 2.49. The lowest BCUT2D eigenvalue weighted by Crippen LogP contribution is -2.25. The van der Waals surface area contributed by atoms with Gasteiger partial charge in [-0.2, -0.15) is 5.10 Å².